The molecule has 0 bridgehead atoms. The van der Waals surface area contributed by atoms with Crippen LogP contribution in [-0.2, 0) is 26.6 Å². The van der Waals surface area contributed by atoms with Crippen LogP contribution < -0.4 is 4.72 Å². The molecule has 2 heterocycles. The summed E-state index contributed by atoms with van der Waals surface area (Å²) in [7, 11) is -7.10. The van der Waals surface area contributed by atoms with E-state index in [1.165, 1.54) is 21.7 Å². The molecule has 1 N–H and O–H groups in total. The molecule has 0 aliphatic rings. The highest BCUT2D eigenvalue weighted by molar-refractivity contribution is 7.91. The van der Waals surface area contributed by atoms with Crippen molar-refractivity contribution in [2.45, 2.75) is 17.7 Å². The van der Waals surface area contributed by atoms with E-state index in [2.05, 4.69) is 9.71 Å². The Morgan fingerprint density at radius 3 is 2.46 bits per heavy atom. The highest BCUT2D eigenvalue weighted by atomic mass is 32.2. The molecule has 2 rings (SSSR count). The van der Waals surface area contributed by atoms with Crippen LogP contribution in [0.2, 0.25) is 0 Å². The van der Waals surface area contributed by atoms with E-state index in [1.807, 2.05) is 6.92 Å². The second-order valence-electron chi connectivity index (χ2n) is 5.18. The molecule has 0 unspecified atom stereocenters. The fourth-order valence-electron chi connectivity index (χ4n) is 1.97. The standard InChI is InChI=1S/C14H19N3O4S3/c1-12-6-7-14(22-12)24(20,21)16-9-10-17(23(2,18)19)11-13-5-3-4-8-15-13/h3-8,16H,9-11H2,1-2H3. The molecular weight excluding hydrogens is 370 g/mol. The summed E-state index contributed by atoms with van der Waals surface area (Å²) in [5.74, 6) is 0. The third-order valence-electron chi connectivity index (χ3n) is 3.17. The summed E-state index contributed by atoms with van der Waals surface area (Å²) in [6.07, 6.45) is 2.67. The quantitative estimate of drug-likeness (QED) is 0.732. The molecular formula is C14H19N3O4S3. The van der Waals surface area contributed by atoms with Crippen molar-refractivity contribution in [2.24, 2.45) is 0 Å². The normalized spacial score (nSPS) is 12.6. The largest absolute Gasteiger partial charge is 0.260 e. The zero-order chi connectivity index (χ0) is 17.8. The van der Waals surface area contributed by atoms with Gasteiger partial charge in [-0.2, -0.15) is 4.31 Å². The summed E-state index contributed by atoms with van der Waals surface area (Å²) in [4.78, 5) is 4.99. The number of aryl methyl sites for hydroxylation is 1. The third kappa shape index (κ3) is 5.35. The maximum Gasteiger partial charge on any atom is 0.250 e. The molecule has 0 aliphatic carbocycles. The average Bonchev–Trinajstić information content (AvgIpc) is 2.94. The number of thiophene rings is 1. The number of aromatic nitrogens is 1. The Morgan fingerprint density at radius 2 is 1.92 bits per heavy atom. The van der Waals surface area contributed by atoms with Crippen LogP contribution in [0.1, 0.15) is 10.6 Å². The predicted molar refractivity (Wildman–Crippen MR) is 93.7 cm³/mol. The van der Waals surface area contributed by atoms with E-state index < -0.39 is 20.0 Å². The average molecular weight is 390 g/mol. The van der Waals surface area contributed by atoms with E-state index in [1.54, 1.807) is 30.5 Å². The number of nitrogens with zero attached hydrogens (tertiary/aromatic N) is 2. The molecule has 0 aliphatic heterocycles. The van der Waals surface area contributed by atoms with Gasteiger partial charge in [-0.05, 0) is 31.2 Å². The first-order valence-electron chi connectivity index (χ1n) is 7.09. The minimum atomic E-state index is -3.62. The third-order valence-corrected chi connectivity index (χ3v) is 7.37. The van der Waals surface area contributed by atoms with Gasteiger partial charge in [-0.1, -0.05) is 6.07 Å². The number of pyridine rings is 1. The molecule has 2 aromatic rings. The van der Waals surface area contributed by atoms with E-state index in [-0.39, 0.29) is 23.8 Å². The van der Waals surface area contributed by atoms with Crippen molar-refractivity contribution >= 4 is 31.4 Å². The summed E-state index contributed by atoms with van der Waals surface area (Å²) >= 11 is 1.17. The Morgan fingerprint density at radius 1 is 1.17 bits per heavy atom. The number of sulfonamides is 2. The Hall–Kier alpha value is -1.33. The van der Waals surface area contributed by atoms with E-state index in [9.17, 15) is 16.8 Å². The maximum atomic E-state index is 12.2. The number of nitrogens with one attached hydrogen (secondary N) is 1. The number of hydrogen-bond donors (Lipinski definition) is 1. The first-order chi connectivity index (χ1) is 11.2. The predicted octanol–water partition coefficient (Wildman–Crippen LogP) is 1.19. The zero-order valence-corrected chi connectivity index (χ0v) is 15.8. The van der Waals surface area contributed by atoms with Crippen molar-refractivity contribution in [1.29, 1.82) is 0 Å². The van der Waals surface area contributed by atoms with Crippen molar-refractivity contribution in [3.8, 4) is 0 Å². The lowest BCUT2D eigenvalue weighted by atomic mass is 10.3. The van der Waals surface area contributed by atoms with Crippen LogP contribution in [0, 0.1) is 6.92 Å². The number of hydrogen-bond acceptors (Lipinski definition) is 6. The molecule has 0 radical (unpaired) electrons. The molecule has 0 spiro atoms. The molecule has 0 amide bonds. The van der Waals surface area contributed by atoms with Gasteiger partial charge >= 0.3 is 0 Å². The fourth-order valence-corrected chi connectivity index (χ4v) is 5.11. The van der Waals surface area contributed by atoms with E-state index >= 15 is 0 Å². The molecule has 2 aromatic heterocycles. The highest BCUT2D eigenvalue weighted by Gasteiger charge is 2.20. The summed E-state index contributed by atoms with van der Waals surface area (Å²) in [5, 5.41) is 0. The van der Waals surface area contributed by atoms with Crippen LogP contribution in [-0.4, -0.2) is 45.5 Å². The van der Waals surface area contributed by atoms with Crippen LogP contribution in [0.4, 0.5) is 0 Å². The summed E-state index contributed by atoms with van der Waals surface area (Å²) in [6.45, 7) is 1.93. The highest BCUT2D eigenvalue weighted by Crippen LogP contribution is 2.20. The van der Waals surface area contributed by atoms with Gasteiger partial charge < -0.3 is 0 Å². The zero-order valence-electron chi connectivity index (χ0n) is 13.3. The first-order valence-corrected chi connectivity index (χ1v) is 11.2. The number of rotatable bonds is 8. The van der Waals surface area contributed by atoms with E-state index in [0.717, 1.165) is 11.1 Å². The van der Waals surface area contributed by atoms with Crippen molar-refractivity contribution in [3.63, 3.8) is 0 Å². The fraction of sp³-hybridized carbons (Fsp3) is 0.357. The first kappa shape index (κ1) is 19.0. The molecule has 132 valence electrons. The van der Waals surface area contributed by atoms with Gasteiger partial charge in [0.15, 0.2) is 0 Å². The lowest BCUT2D eigenvalue weighted by Crippen LogP contribution is -2.37. The van der Waals surface area contributed by atoms with Crippen molar-refractivity contribution in [2.75, 3.05) is 19.3 Å². The Labute approximate surface area is 146 Å². The van der Waals surface area contributed by atoms with Crippen LogP contribution in [0.3, 0.4) is 0 Å². The minimum absolute atomic E-state index is 0.0147. The van der Waals surface area contributed by atoms with Gasteiger partial charge in [-0.3, -0.25) is 4.98 Å². The lowest BCUT2D eigenvalue weighted by Gasteiger charge is -2.19. The lowest BCUT2D eigenvalue weighted by molar-refractivity contribution is 0.408. The van der Waals surface area contributed by atoms with Crippen LogP contribution in [0.25, 0.3) is 0 Å². The van der Waals surface area contributed by atoms with Crippen LogP contribution in [0.5, 0.6) is 0 Å². The molecule has 0 saturated carbocycles. The van der Waals surface area contributed by atoms with Crippen molar-refractivity contribution in [1.82, 2.24) is 14.0 Å². The summed E-state index contributed by atoms with van der Waals surface area (Å²) in [6, 6.07) is 8.49. The molecule has 7 nitrogen and oxygen atoms in total. The Kier molecular flexibility index (Phi) is 6.10. The van der Waals surface area contributed by atoms with Gasteiger partial charge in [0, 0.05) is 24.2 Å². The smallest absolute Gasteiger partial charge is 0.250 e. The van der Waals surface area contributed by atoms with Gasteiger partial charge in [0.25, 0.3) is 0 Å². The molecule has 10 heteroatoms. The van der Waals surface area contributed by atoms with Gasteiger partial charge in [0.05, 0.1) is 18.5 Å². The van der Waals surface area contributed by atoms with E-state index in [0.29, 0.717) is 5.69 Å². The molecule has 24 heavy (non-hydrogen) atoms. The van der Waals surface area contributed by atoms with Crippen LogP contribution in [0.15, 0.2) is 40.7 Å². The van der Waals surface area contributed by atoms with Crippen molar-refractivity contribution < 1.29 is 16.8 Å². The van der Waals surface area contributed by atoms with Gasteiger partial charge in [-0.25, -0.2) is 21.6 Å². The minimum Gasteiger partial charge on any atom is -0.260 e. The topological polar surface area (TPSA) is 96.4 Å². The van der Waals surface area contributed by atoms with Crippen molar-refractivity contribution in [3.05, 3.63) is 47.1 Å². The van der Waals surface area contributed by atoms with Crippen LogP contribution >= 0.6 is 11.3 Å². The van der Waals surface area contributed by atoms with Gasteiger partial charge in [0.2, 0.25) is 20.0 Å². The SMILES string of the molecule is Cc1ccc(S(=O)(=O)NCCN(Cc2ccccn2)S(C)(=O)=O)s1. The van der Waals surface area contributed by atoms with E-state index in [4.69, 9.17) is 0 Å². The second-order valence-corrected chi connectivity index (χ2v) is 10.4. The Balaban J connectivity index is 2.01. The molecule has 0 fully saturated rings. The van der Waals surface area contributed by atoms with Gasteiger partial charge in [-0.15, -0.1) is 11.3 Å². The second kappa shape index (κ2) is 7.70. The Bertz CT molecular complexity index is 877. The summed E-state index contributed by atoms with van der Waals surface area (Å²) < 4.78 is 51.9. The maximum absolute atomic E-state index is 12.2. The van der Waals surface area contributed by atoms with Gasteiger partial charge in [0.1, 0.15) is 4.21 Å². The summed E-state index contributed by atoms with van der Waals surface area (Å²) in [5.41, 5.74) is 0.597. The molecule has 0 atom stereocenters. The molecule has 0 aromatic carbocycles. The monoisotopic (exact) mass is 389 g/mol. The molecule has 0 saturated heterocycles.